The highest BCUT2D eigenvalue weighted by Gasteiger charge is 2.37. The highest BCUT2D eigenvalue weighted by atomic mass is 16.7. The van der Waals surface area contributed by atoms with Crippen LogP contribution in [-0.4, -0.2) is 62.0 Å². The number of hydrogen-bond acceptors (Lipinski definition) is 11. The third kappa shape index (κ3) is 8.30. The topological polar surface area (TPSA) is 170 Å². The highest BCUT2D eigenvalue weighted by Crippen LogP contribution is 2.31. The van der Waals surface area contributed by atoms with Crippen molar-refractivity contribution < 1.29 is 52.7 Å². The Morgan fingerprint density at radius 3 is 2.16 bits per heavy atom. The summed E-state index contributed by atoms with van der Waals surface area (Å²) in [5.74, 6) is -1.74. The smallest absolute Gasteiger partial charge is 0.480 e. The Labute approximate surface area is 184 Å². The van der Waals surface area contributed by atoms with E-state index in [1.165, 1.54) is 25.1 Å². The van der Waals surface area contributed by atoms with Gasteiger partial charge < -0.3 is 39.3 Å². The number of hydrogen-bond donors (Lipinski definition) is 2. The second-order valence-corrected chi connectivity index (χ2v) is 6.76. The van der Waals surface area contributed by atoms with Gasteiger partial charge in [0, 0.05) is 12.8 Å². The molecular formula is C20H27NO11. The Morgan fingerprint density at radius 1 is 1.03 bits per heavy atom. The number of carboxylic acid groups (broad SMARTS) is 1. The zero-order chi connectivity index (χ0) is 24.3. The first-order valence-corrected chi connectivity index (χ1v) is 9.54. The molecule has 0 bridgehead atoms. The molecule has 0 radical (unpaired) electrons. The van der Waals surface area contributed by atoms with E-state index in [1.54, 1.807) is 0 Å². The first-order chi connectivity index (χ1) is 15.0. The molecule has 1 aromatic rings. The second kappa shape index (κ2) is 12.3. The van der Waals surface area contributed by atoms with Crippen molar-refractivity contribution in [2.45, 2.75) is 44.8 Å². The lowest BCUT2D eigenvalue weighted by atomic mass is 9.86. The molecule has 0 amide bonds. The molecule has 0 saturated heterocycles. The van der Waals surface area contributed by atoms with Crippen molar-refractivity contribution >= 4 is 24.4 Å². The third-order valence-corrected chi connectivity index (χ3v) is 4.05. The highest BCUT2D eigenvalue weighted by molar-refractivity contribution is 5.79. The van der Waals surface area contributed by atoms with Gasteiger partial charge in [-0.25, -0.2) is 14.4 Å². The van der Waals surface area contributed by atoms with E-state index in [0.29, 0.717) is 12.0 Å². The molecule has 12 nitrogen and oxygen atoms in total. The van der Waals surface area contributed by atoms with Crippen LogP contribution in [0.3, 0.4) is 0 Å². The Morgan fingerprint density at radius 2 is 1.62 bits per heavy atom. The lowest BCUT2D eigenvalue weighted by Gasteiger charge is -2.28. The molecule has 0 saturated carbocycles. The first kappa shape index (κ1) is 26.5. The van der Waals surface area contributed by atoms with E-state index in [9.17, 15) is 24.3 Å². The lowest BCUT2D eigenvalue weighted by molar-refractivity contribution is -0.144. The number of carboxylic acids is 1. The number of carbonyl (C=O) groups is 4. The Hall–Kier alpha value is -3.54. The van der Waals surface area contributed by atoms with Crippen LogP contribution in [0.2, 0.25) is 0 Å². The van der Waals surface area contributed by atoms with E-state index in [-0.39, 0.29) is 30.9 Å². The summed E-state index contributed by atoms with van der Waals surface area (Å²) in [5.41, 5.74) is 4.57. The van der Waals surface area contributed by atoms with Crippen LogP contribution >= 0.6 is 0 Å². The monoisotopic (exact) mass is 457 g/mol. The zero-order valence-electron chi connectivity index (χ0n) is 18.2. The molecule has 3 N–H and O–H groups in total. The maximum absolute atomic E-state index is 11.9. The Bertz CT molecular complexity index is 826. The predicted octanol–water partition coefficient (Wildman–Crippen LogP) is 2.64. The summed E-state index contributed by atoms with van der Waals surface area (Å²) in [6.07, 6.45) is -3.83. The molecule has 0 aliphatic rings. The van der Waals surface area contributed by atoms with Crippen molar-refractivity contribution in [3.63, 3.8) is 0 Å². The number of methoxy groups -OCH3 is 2. The van der Waals surface area contributed by atoms with Crippen LogP contribution in [-0.2, 0) is 30.2 Å². The van der Waals surface area contributed by atoms with Gasteiger partial charge >= 0.3 is 24.4 Å². The minimum absolute atomic E-state index is 0.167. The summed E-state index contributed by atoms with van der Waals surface area (Å²) in [4.78, 5) is 46.4. The van der Waals surface area contributed by atoms with E-state index in [2.05, 4.69) is 9.47 Å². The van der Waals surface area contributed by atoms with Gasteiger partial charge in [-0.3, -0.25) is 4.79 Å². The molecule has 12 heteroatoms. The molecule has 0 spiro atoms. The van der Waals surface area contributed by atoms with Gasteiger partial charge in [0.15, 0.2) is 11.5 Å². The summed E-state index contributed by atoms with van der Waals surface area (Å²) in [6.45, 7) is 3.46. The van der Waals surface area contributed by atoms with Crippen LogP contribution in [0.4, 0.5) is 14.4 Å². The molecule has 1 rings (SSSR count). The molecule has 1 aromatic carbocycles. The summed E-state index contributed by atoms with van der Waals surface area (Å²) in [5, 5.41) is 9.69. The van der Waals surface area contributed by atoms with E-state index in [1.807, 2.05) is 6.92 Å². The van der Waals surface area contributed by atoms with Crippen molar-refractivity contribution in [3.8, 4) is 11.5 Å². The molecule has 0 fully saturated rings. The van der Waals surface area contributed by atoms with E-state index in [4.69, 9.17) is 24.7 Å². The van der Waals surface area contributed by atoms with Gasteiger partial charge in [-0.15, -0.1) is 0 Å². The van der Waals surface area contributed by atoms with Crippen LogP contribution in [0.5, 0.6) is 11.5 Å². The number of carbonyl (C=O) groups excluding carboxylic acids is 3. The van der Waals surface area contributed by atoms with Crippen LogP contribution < -0.4 is 15.2 Å². The molecule has 0 aliphatic carbocycles. The molecule has 32 heavy (non-hydrogen) atoms. The van der Waals surface area contributed by atoms with Crippen LogP contribution in [0.1, 0.15) is 32.3 Å². The van der Waals surface area contributed by atoms with Crippen molar-refractivity contribution in [2.75, 3.05) is 20.8 Å². The third-order valence-electron chi connectivity index (χ3n) is 4.05. The molecule has 2 atom stereocenters. The summed E-state index contributed by atoms with van der Waals surface area (Å²) >= 11 is 0. The minimum atomic E-state index is -1.85. The van der Waals surface area contributed by atoms with Gasteiger partial charge in [0.25, 0.3) is 0 Å². The number of rotatable bonds is 10. The molecule has 1 unspecified atom stereocenters. The van der Waals surface area contributed by atoms with Crippen LogP contribution in [0.15, 0.2) is 18.2 Å². The number of nitrogens with two attached hydrogens (primary N) is 1. The van der Waals surface area contributed by atoms with Crippen LogP contribution in [0, 0.1) is 0 Å². The standard InChI is InChI=1S/C20H27NO11/c1-5-8-29-19(26)30-12(2)10-20(21,16(22)23)11-13-6-7-14(31-17(24)27-3)15(9-13)32-18(25)28-4/h6-7,9,12H,5,8,10-11,21H2,1-4H3,(H,22,23)/t12-,20?/m0/s1. The quantitative estimate of drug-likeness (QED) is 0.299. The van der Waals surface area contributed by atoms with Crippen molar-refractivity contribution in [1.82, 2.24) is 0 Å². The van der Waals surface area contributed by atoms with E-state index >= 15 is 0 Å². The minimum Gasteiger partial charge on any atom is -0.480 e. The summed E-state index contributed by atoms with van der Waals surface area (Å²) in [7, 11) is 2.17. The van der Waals surface area contributed by atoms with Gasteiger partial charge in [-0.1, -0.05) is 13.0 Å². The SMILES string of the molecule is CCCOC(=O)O[C@@H](C)CC(N)(Cc1ccc(OC(=O)OC)c(OC(=O)OC)c1)C(=O)O. The molecule has 0 heterocycles. The normalized spacial score (nSPS) is 13.2. The second-order valence-electron chi connectivity index (χ2n) is 6.76. The Kier molecular flexibility index (Phi) is 10.2. The van der Waals surface area contributed by atoms with Gasteiger partial charge in [0.2, 0.25) is 0 Å². The average molecular weight is 457 g/mol. The number of ether oxygens (including phenoxy) is 6. The fourth-order valence-corrected chi connectivity index (χ4v) is 2.63. The maximum atomic E-state index is 11.9. The van der Waals surface area contributed by atoms with Crippen molar-refractivity contribution in [3.05, 3.63) is 23.8 Å². The molecule has 178 valence electrons. The molecule has 0 aromatic heterocycles. The average Bonchev–Trinajstić information content (AvgIpc) is 2.73. The number of benzene rings is 1. The first-order valence-electron chi connectivity index (χ1n) is 9.54. The number of aliphatic carboxylic acids is 1. The van der Waals surface area contributed by atoms with Gasteiger partial charge in [0.05, 0.1) is 20.8 Å². The Balaban J connectivity index is 3.08. The van der Waals surface area contributed by atoms with Crippen molar-refractivity contribution in [1.29, 1.82) is 0 Å². The van der Waals surface area contributed by atoms with Crippen molar-refractivity contribution in [2.24, 2.45) is 5.73 Å². The van der Waals surface area contributed by atoms with E-state index < -0.39 is 36.1 Å². The fraction of sp³-hybridized carbons (Fsp3) is 0.500. The maximum Gasteiger partial charge on any atom is 0.513 e. The van der Waals surface area contributed by atoms with Gasteiger partial charge in [0.1, 0.15) is 11.6 Å². The summed E-state index contributed by atoms with van der Waals surface area (Å²) in [6, 6.07) is 3.96. The summed E-state index contributed by atoms with van der Waals surface area (Å²) < 4.78 is 28.5. The largest absolute Gasteiger partial charge is 0.513 e. The fourth-order valence-electron chi connectivity index (χ4n) is 2.63. The van der Waals surface area contributed by atoms with E-state index in [0.717, 1.165) is 14.2 Å². The van der Waals surface area contributed by atoms with Crippen LogP contribution in [0.25, 0.3) is 0 Å². The van der Waals surface area contributed by atoms with Gasteiger partial charge in [-0.05, 0) is 31.0 Å². The lowest BCUT2D eigenvalue weighted by Crippen LogP contribution is -2.52. The predicted molar refractivity (Wildman–Crippen MR) is 108 cm³/mol. The molecular weight excluding hydrogens is 430 g/mol. The zero-order valence-corrected chi connectivity index (χ0v) is 18.2. The van der Waals surface area contributed by atoms with Gasteiger partial charge in [-0.2, -0.15) is 0 Å². The molecule has 0 aliphatic heterocycles.